The van der Waals surface area contributed by atoms with Gasteiger partial charge < -0.3 is 0 Å². The van der Waals surface area contributed by atoms with Crippen LogP contribution in [0.4, 0.5) is 0 Å². The van der Waals surface area contributed by atoms with Crippen LogP contribution in [0.5, 0.6) is 0 Å². The Morgan fingerprint density at radius 1 is 1.00 bits per heavy atom. The predicted molar refractivity (Wildman–Crippen MR) is 67.6 cm³/mol. The van der Waals surface area contributed by atoms with Crippen LogP contribution in [0.2, 0.25) is 0 Å². The first-order valence-electron chi connectivity index (χ1n) is 5.35. The highest BCUT2D eigenvalue weighted by Crippen LogP contribution is 2.19. The van der Waals surface area contributed by atoms with Gasteiger partial charge in [0, 0.05) is 0 Å². The molecule has 0 nitrogen and oxygen atoms in total. The average molecular weight is 195 g/mol. The first-order valence-corrected chi connectivity index (χ1v) is 5.35. The van der Waals surface area contributed by atoms with Crippen molar-refractivity contribution >= 4 is 16.8 Å². The smallest absolute Gasteiger partial charge is 0.0112 e. The summed E-state index contributed by atoms with van der Waals surface area (Å²) in [6.07, 6.45) is 6.38. The summed E-state index contributed by atoms with van der Waals surface area (Å²) in [5.74, 6) is 0. The van der Waals surface area contributed by atoms with Crippen LogP contribution >= 0.6 is 0 Å². The van der Waals surface area contributed by atoms with Crippen molar-refractivity contribution in [3.8, 4) is 0 Å². The van der Waals surface area contributed by atoms with Gasteiger partial charge in [-0.2, -0.15) is 0 Å². The molecule has 75 valence electrons. The molecule has 0 aliphatic rings. The monoisotopic (exact) mass is 195 g/mol. The highest BCUT2D eigenvalue weighted by Gasteiger charge is 1.95. The standard InChI is InChI=1S/C15H15/c1-2-3-4-8-13-10-7-11-14-9-5-6-12-15(13)14/h4-12H,1-3H2/b8-4+. The van der Waals surface area contributed by atoms with E-state index in [1.807, 2.05) is 0 Å². The third kappa shape index (κ3) is 2.27. The van der Waals surface area contributed by atoms with Crippen LogP contribution in [0.25, 0.3) is 16.8 Å². The van der Waals surface area contributed by atoms with Gasteiger partial charge in [-0.15, -0.1) is 0 Å². The summed E-state index contributed by atoms with van der Waals surface area (Å²) < 4.78 is 0. The molecule has 2 rings (SSSR count). The van der Waals surface area contributed by atoms with Gasteiger partial charge in [-0.25, -0.2) is 0 Å². The van der Waals surface area contributed by atoms with Crippen LogP contribution < -0.4 is 0 Å². The number of hydrogen-bond acceptors (Lipinski definition) is 0. The van der Waals surface area contributed by atoms with Crippen molar-refractivity contribution in [2.45, 2.75) is 12.8 Å². The zero-order chi connectivity index (χ0) is 10.5. The summed E-state index contributed by atoms with van der Waals surface area (Å²) in [5.41, 5.74) is 1.29. The Morgan fingerprint density at radius 3 is 2.67 bits per heavy atom. The minimum absolute atomic E-state index is 0.960. The minimum Gasteiger partial charge on any atom is -0.0839 e. The van der Waals surface area contributed by atoms with E-state index < -0.39 is 0 Å². The van der Waals surface area contributed by atoms with Crippen LogP contribution in [-0.4, -0.2) is 0 Å². The van der Waals surface area contributed by atoms with Crippen molar-refractivity contribution in [1.82, 2.24) is 0 Å². The lowest BCUT2D eigenvalue weighted by Gasteiger charge is -2.01. The van der Waals surface area contributed by atoms with Crippen molar-refractivity contribution < 1.29 is 0 Å². The molecule has 0 amide bonds. The van der Waals surface area contributed by atoms with Crippen LogP contribution in [0.15, 0.2) is 48.5 Å². The second-order valence-electron chi connectivity index (χ2n) is 3.61. The van der Waals surface area contributed by atoms with Crippen LogP contribution in [-0.2, 0) is 0 Å². The number of unbranched alkanes of at least 4 members (excludes halogenated alkanes) is 1. The third-order valence-corrected chi connectivity index (χ3v) is 2.49. The topological polar surface area (TPSA) is 0 Å². The molecule has 0 atom stereocenters. The first kappa shape index (κ1) is 9.97. The second kappa shape index (κ2) is 4.79. The zero-order valence-electron chi connectivity index (χ0n) is 8.82. The van der Waals surface area contributed by atoms with Crippen molar-refractivity contribution in [2.75, 3.05) is 0 Å². The minimum atomic E-state index is 0.960. The van der Waals surface area contributed by atoms with Crippen molar-refractivity contribution in [2.24, 2.45) is 0 Å². The largest absolute Gasteiger partial charge is 0.0839 e. The molecular weight excluding hydrogens is 180 g/mol. The molecule has 1 radical (unpaired) electrons. The summed E-state index contributed by atoms with van der Waals surface area (Å²) >= 11 is 0. The number of benzene rings is 2. The van der Waals surface area contributed by atoms with E-state index in [0.29, 0.717) is 0 Å². The molecule has 0 aromatic heterocycles. The van der Waals surface area contributed by atoms with E-state index in [4.69, 9.17) is 0 Å². The van der Waals surface area contributed by atoms with Crippen molar-refractivity contribution in [1.29, 1.82) is 0 Å². The van der Waals surface area contributed by atoms with E-state index in [9.17, 15) is 0 Å². The lowest BCUT2D eigenvalue weighted by molar-refractivity contribution is 1.06. The van der Waals surface area contributed by atoms with E-state index in [-0.39, 0.29) is 0 Å². The van der Waals surface area contributed by atoms with Gasteiger partial charge in [0.25, 0.3) is 0 Å². The van der Waals surface area contributed by atoms with E-state index >= 15 is 0 Å². The molecule has 2 aromatic carbocycles. The van der Waals surface area contributed by atoms with Gasteiger partial charge in [0.2, 0.25) is 0 Å². The Labute approximate surface area is 91.2 Å². The fourth-order valence-corrected chi connectivity index (χ4v) is 1.72. The second-order valence-corrected chi connectivity index (χ2v) is 3.61. The highest BCUT2D eigenvalue weighted by atomic mass is 14.0. The van der Waals surface area contributed by atoms with Crippen LogP contribution in [0, 0.1) is 6.92 Å². The Balaban J connectivity index is 2.42. The summed E-state index contributed by atoms with van der Waals surface area (Å²) in [6.45, 7) is 3.83. The summed E-state index contributed by atoms with van der Waals surface area (Å²) in [5, 5.41) is 2.62. The molecule has 15 heavy (non-hydrogen) atoms. The van der Waals surface area contributed by atoms with Gasteiger partial charge >= 0.3 is 0 Å². The highest BCUT2D eigenvalue weighted by molar-refractivity contribution is 5.90. The molecular formula is C15H15. The number of fused-ring (bicyclic) bond motifs is 1. The van der Waals surface area contributed by atoms with Crippen LogP contribution in [0.3, 0.4) is 0 Å². The molecule has 0 heterocycles. The maximum atomic E-state index is 3.83. The van der Waals surface area contributed by atoms with Gasteiger partial charge in [0.15, 0.2) is 0 Å². The molecule has 0 heteroatoms. The maximum absolute atomic E-state index is 3.83. The third-order valence-electron chi connectivity index (χ3n) is 2.49. The van der Waals surface area contributed by atoms with E-state index in [1.165, 1.54) is 16.3 Å². The first-order chi connectivity index (χ1) is 7.42. The lowest BCUT2D eigenvalue weighted by atomic mass is 10.0. The molecule has 0 unspecified atom stereocenters. The fourth-order valence-electron chi connectivity index (χ4n) is 1.72. The molecule has 0 N–H and O–H groups in total. The molecule has 0 saturated carbocycles. The van der Waals surface area contributed by atoms with Crippen molar-refractivity contribution in [3.63, 3.8) is 0 Å². The van der Waals surface area contributed by atoms with E-state index in [2.05, 4.69) is 61.5 Å². The van der Waals surface area contributed by atoms with Gasteiger partial charge in [-0.3, -0.25) is 0 Å². The molecule has 2 aromatic rings. The van der Waals surface area contributed by atoms with E-state index in [1.54, 1.807) is 0 Å². The number of rotatable bonds is 3. The molecule has 0 fully saturated rings. The molecule has 0 spiro atoms. The predicted octanol–water partition coefficient (Wildman–Crippen LogP) is 4.47. The Morgan fingerprint density at radius 2 is 1.80 bits per heavy atom. The van der Waals surface area contributed by atoms with Gasteiger partial charge in [0.05, 0.1) is 0 Å². The SMILES string of the molecule is [CH2]CC/C=C/c1cccc2ccccc12. The fraction of sp³-hybridized carbons (Fsp3) is 0.133. The normalized spacial score (nSPS) is 11.3. The lowest BCUT2D eigenvalue weighted by Crippen LogP contribution is -1.77. The Hall–Kier alpha value is -1.56. The molecule has 0 aliphatic carbocycles. The van der Waals surface area contributed by atoms with Gasteiger partial charge in [-0.1, -0.05) is 61.5 Å². The Bertz CT molecular complexity index is 461. The number of allylic oxidation sites excluding steroid dienone is 1. The molecule has 0 saturated heterocycles. The number of hydrogen-bond donors (Lipinski definition) is 0. The Kier molecular flexibility index (Phi) is 3.18. The van der Waals surface area contributed by atoms with Crippen molar-refractivity contribution in [3.05, 3.63) is 61.0 Å². The van der Waals surface area contributed by atoms with Crippen LogP contribution in [0.1, 0.15) is 18.4 Å². The zero-order valence-corrected chi connectivity index (χ0v) is 8.82. The quantitative estimate of drug-likeness (QED) is 0.678. The maximum Gasteiger partial charge on any atom is -0.0112 e. The van der Waals surface area contributed by atoms with Gasteiger partial charge in [-0.05, 0) is 29.2 Å². The van der Waals surface area contributed by atoms with Gasteiger partial charge in [0.1, 0.15) is 0 Å². The summed E-state index contributed by atoms with van der Waals surface area (Å²) in [4.78, 5) is 0. The molecule has 0 bridgehead atoms. The summed E-state index contributed by atoms with van der Waals surface area (Å²) in [6, 6.07) is 14.9. The molecule has 0 aliphatic heterocycles. The average Bonchev–Trinajstić information content (AvgIpc) is 2.30. The van der Waals surface area contributed by atoms with E-state index in [0.717, 1.165) is 12.8 Å². The summed E-state index contributed by atoms with van der Waals surface area (Å²) in [7, 11) is 0.